The Morgan fingerprint density at radius 1 is 1.08 bits per heavy atom. The Morgan fingerprint density at radius 2 is 1.72 bits per heavy atom. The molecule has 3 rings (SSSR count). The van der Waals surface area contributed by atoms with Crippen LogP contribution in [-0.2, 0) is 9.59 Å². The summed E-state index contributed by atoms with van der Waals surface area (Å²) in [6.45, 7) is 1.88. The van der Waals surface area contributed by atoms with Gasteiger partial charge in [0.05, 0.1) is 23.5 Å². The first-order chi connectivity index (χ1) is 12.0. The third kappa shape index (κ3) is 3.98. The maximum Gasteiger partial charge on any atom is 0.228 e. The van der Waals surface area contributed by atoms with Crippen molar-refractivity contribution in [3.05, 3.63) is 58.6 Å². The zero-order valence-corrected chi connectivity index (χ0v) is 14.3. The molecule has 25 heavy (non-hydrogen) atoms. The lowest BCUT2D eigenvalue weighted by Crippen LogP contribution is -2.20. The summed E-state index contributed by atoms with van der Waals surface area (Å²) in [5.74, 6) is -1.04. The second-order valence-corrected chi connectivity index (χ2v) is 6.51. The maximum absolute atomic E-state index is 12.3. The van der Waals surface area contributed by atoms with Crippen molar-refractivity contribution in [3.8, 4) is 6.07 Å². The molecule has 0 spiro atoms. The van der Waals surface area contributed by atoms with Crippen molar-refractivity contribution >= 4 is 34.8 Å². The van der Waals surface area contributed by atoms with Crippen molar-refractivity contribution in [2.24, 2.45) is 11.8 Å². The fraction of sp³-hybridized carbons (Fsp3) is 0.211. The number of hydrogen-bond acceptors (Lipinski definition) is 3. The lowest BCUT2D eigenvalue weighted by Gasteiger charge is -2.09. The Kier molecular flexibility index (Phi) is 4.73. The number of nitrogens with zero attached hydrogens (tertiary/aromatic N) is 1. The van der Waals surface area contributed by atoms with Crippen molar-refractivity contribution in [2.45, 2.75) is 13.3 Å². The lowest BCUT2D eigenvalue weighted by molar-refractivity contribution is -0.122. The fourth-order valence-electron chi connectivity index (χ4n) is 2.59. The van der Waals surface area contributed by atoms with E-state index in [-0.39, 0.29) is 23.7 Å². The van der Waals surface area contributed by atoms with Crippen LogP contribution in [0.4, 0.5) is 11.4 Å². The van der Waals surface area contributed by atoms with E-state index in [1.54, 1.807) is 36.4 Å². The van der Waals surface area contributed by atoms with E-state index in [9.17, 15) is 9.59 Å². The Labute approximate surface area is 150 Å². The lowest BCUT2D eigenvalue weighted by atomic mass is 10.2. The van der Waals surface area contributed by atoms with Crippen molar-refractivity contribution in [1.29, 1.82) is 5.26 Å². The van der Waals surface area contributed by atoms with Gasteiger partial charge in [-0.05, 0) is 55.3 Å². The van der Waals surface area contributed by atoms with E-state index >= 15 is 0 Å². The number of halogens is 1. The number of nitriles is 1. The van der Waals surface area contributed by atoms with Gasteiger partial charge >= 0.3 is 0 Å². The average molecular weight is 354 g/mol. The van der Waals surface area contributed by atoms with Gasteiger partial charge in [-0.3, -0.25) is 9.59 Å². The topological polar surface area (TPSA) is 82.0 Å². The number of amides is 2. The fourth-order valence-corrected chi connectivity index (χ4v) is 2.76. The first-order valence-corrected chi connectivity index (χ1v) is 8.24. The van der Waals surface area contributed by atoms with Crippen LogP contribution in [0.2, 0.25) is 5.02 Å². The Balaban J connectivity index is 1.57. The molecular weight excluding hydrogens is 338 g/mol. The van der Waals surface area contributed by atoms with Gasteiger partial charge in [0.15, 0.2) is 0 Å². The number of carbonyl (C=O) groups excluding carboxylic acids is 2. The molecule has 0 bridgehead atoms. The minimum atomic E-state index is -0.338. The van der Waals surface area contributed by atoms with Crippen LogP contribution in [0, 0.1) is 30.1 Å². The smallest absolute Gasteiger partial charge is 0.228 e. The van der Waals surface area contributed by atoms with Crippen LogP contribution in [-0.4, -0.2) is 11.8 Å². The number of carbonyl (C=O) groups is 2. The molecule has 1 aliphatic carbocycles. The first-order valence-electron chi connectivity index (χ1n) is 7.86. The Morgan fingerprint density at radius 3 is 2.36 bits per heavy atom. The standard InChI is InChI=1S/C19H16ClN3O2/c1-11-2-5-13(20)8-17(11)23-19(25)16-9-15(16)18(24)22-14-6-3-12(10-21)4-7-14/h2-8,15-16H,9H2,1H3,(H,22,24)(H,23,25). The van der Waals surface area contributed by atoms with Gasteiger partial charge in [0, 0.05) is 16.4 Å². The van der Waals surface area contributed by atoms with Crippen molar-refractivity contribution < 1.29 is 9.59 Å². The highest BCUT2D eigenvalue weighted by molar-refractivity contribution is 6.31. The predicted octanol–water partition coefficient (Wildman–Crippen LogP) is 3.73. The second-order valence-electron chi connectivity index (χ2n) is 6.08. The minimum Gasteiger partial charge on any atom is -0.326 e. The zero-order chi connectivity index (χ0) is 18.0. The Bertz CT molecular complexity index is 871. The van der Waals surface area contributed by atoms with E-state index in [2.05, 4.69) is 10.6 Å². The highest BCUT2D eigenvalue weighted by atomic mass is 35.5. The summed E-state index contributed by atoms with van der Waals surface area (Å²) >= 11 is 5.95. The number of nitrogens with one attached hydrogen (secondary N) is 2. The van der Waals surface area contributed by atoms with Crippen LogP contribution < -0.4 is 10.6 Å². The highest BCUT2D eigenvalue weighted by Crippen LogP contribution is 2.40. The summed E-state index contributed by atoms with van der Waals surface area (Å²) in [6, 6.07) is 13.9. The van der Waals surface area contributed by atoms with E-state index in [0.717, 1.165) is 5.56 Å². The van der Waals surface area contributed by atoms with Crippen LogP contribution in [0.25, 0.3) is 0 Å². The monoisotopic (exact) mass is 353 g/mol. The predicted molar refractivity (Wildman–Crippen MR) is 96.2 cm³/mol. The van der Waals surface area contributed by atoms with Gasteiger partial charge in [-0.1, -0.05) is 17.7 Å². The number of hydrogen-bond donors (Lipinski definition) is 2. The summed E-state index contributed by atoms with van der Waals surface area (Å²) < 4.78 is 0. The summed E-state index contributed by atoms with van der Waals surface area (Å²) in [4.78, 5) is 24.6. The van der Waals surface area contributed by atoms with Crippen LogP contribution >= 0.6 is 11.6 Å². The minimum absolute atomic E-state index is 0.176. The first kappa shape index (κ1) is 17.0. The summed E-state index contributed by atoms with van der Waals surface area (Å²) in [5, 5.41) is 14.9. The van der Waals surface area contributed by atoms with Crippen molar-refractivity contribution in [3.63, 3.8) is 0 Å². The van der Waals surface area contributed by atoms with E-state index in [0.29, 0.717) is 28.4 Å². The molecular formula is C19H16ClN3O2. The zero-order valence-electron chi connectivity index (χ0n) is 13.5. The van der Waals surface area contributed by atoms with E-state index in [1.807, 2.05) is 19.1 Å². The molecule has 0 aliphatic heterocycles. The molecule has 2 amide bonds. The van der Waals surface area contributed by atoms with E-state index in [1.165, 1.54) is 0 Å². The molecule has 0 radical (unpaired) electrons. The molecule has 0 saturated heterocycles. The molecule has 1 saturated carbocycles. The molecule has 2 N–H and O–H groups in total. The third-order valence-electron chi connectivity index (χ3n) is 4.20. The van der Waals surface area contributed by atoms with Crippen molar-refractivity contribution in [2.75, 3.05) is 10.6 Å². The average Bonchev–Trinajstić information content (AvgIpc) is 3.40. The largest absolute Gasteiger partial charge is 0.326 e. The van der Waals surface area contributed by atoms with Gasteiger partial charge < -0.3 is 10.6 Å². The summed E-state index contributed by atoms with van der Waals surface area (Å²) in [5.41, 5.74) is 2.71. The maximum atomic E-state index is 12.3. The molecule has 0 heterocycles. The third-order valence-corrected chi connectivity index (χ3v) is 4.44. The quantitative estimate of drug-likeness (QED) is 0.878. The van der Waals surface area contributed by atoms with Gasteiger partial charge in [0.25, 0.3) is 0 Å². The SMILES string of the molecule is Cc1ccc(Cl)cc1NC(=O)C1CC1C(=O)Nc1ccc(C#N)cc1. The van der Waals surface area contributed by atoms with Gasteiger partial charge in [0.1, 0.15) is 0 Å². The van der Waals surface area contributed by atoms with Gasteiger partial charge in [-0.15, -0.1) is 0 Å². The van der Waals surface area contributed by atoms with E-state index < -0.39 is 0 Å². The van der Waals surface area contributed by atoms with Crippen LogP contribution in [0.3, 0.4) is 0 Å². The number of benzene rings is 2. The van der Waals surface area contributed by atoms with Crippen LogP contribution in [0.15, 0.2) is 42.5 Å². The molecule has 6 heteroatoms. The molecule has 2 aromatic carbocycles. The van der Waals surface area contributed by atoms with E-state index in [4.69, 9.17) is 16.9 Å². The molecule has 126 valence electrons. The van der Waals surface area contributed by atoms with Crippen LogP contribution in [0.1, 0.15) is 17.5 Å². The molecule has 2 unspecified atom stereocenters. The van der Waals surface area contributed by atoms with Gasteiger partial charge in [0.2, 0.25) is 11.8 Å². The summed E-state index contributed by atoms with van der Waals surface area (Å²) in [7, 11) is 0. The van der Waals surface area contributed by atoms with Crippen molar-refractivity contribution in [1.82, 2.24) is 0 Å². The highest BCUT2D eigenvalue weighted by Gasteiger charge is 2.48. The Hall–Kier alpha value is -2.84. The molecule has 5 nitrogen and oxygen atoms in total. The molecule has 0 aromatic heterocycles. The van der Waals surface area contributed by atoms with Gasteiger partial charge in [-0.2, -0.15) is 5.26 Å². The van der Waals surface area contributed by atoms with Gasteiger partial charge in [-0.25, -0.2) is 0 Å². The number of aryl methyl sites for hydroxylation is 1. The molecule has 2 aromatic rings. The summed E-state index contributed by atoms with van der Waals surface area (Å²) in [6.07, 6.45) is 0.521. The normalized spacial score (nSPS) is 18.1. The molecule has 1 fully saturated rings. The van der Waals surface area contributed by atoms with Crippen LogP contribution in [0.5, 0.6) is 0 Å². The number of rotatable bonds is 4. The second kappa shape index (κ2) is 6.96. The number of anilines is 2. The molecule has 2 atom stereocenters. The molecule has 1 aliphatic rings.